The Morgan fingerprint density at radius 2 is 1.80 bits per heavy atom. The number of ether oxygens (including phenoxy) is 1. The van der Waals surface area contributed by atoms with Gasteiger partial charge >= 0.3 is 0 Å². The van der Waals surface area contributed by atoms with Gasteiger partial charge in [-0.25, -0.2) is 4.98 Å². The van der Waals surface area contributed by atoms with Crippen LogP contribution < -0.4 is 14.5 Å². The quantitative estimate of drug-likeness (QED) is 0.715. The number of methoxy groups -OCH3 is 1. The Hall–Kier alpha value is -2.90. The number of hydrogen-bond acceptors (Lipinski definition) is 7. The summed E-state index contributed by atoms with van der Waals surface area (Å²) in [6.45, 7) is 7.81. The predicted molar refractivity (Wildman–Crippen MR) is 95.5 cm³/mol. The molecule has 8 nitrogen and oxygen atoms in total. The van der Waals surface area contributed by atoms with E-state index in [0.717, 1.165) is 48.9 Å². The maximum absolute atomic E-state index is 5.13. The SMILES string of the molecule is COc1ccc(N2CCN(c3c(C)c(C)nn4cnnc34)CC2)cn1. The molecule has 3 aromatic heterocycles. The van der Waals surface area contributed by atoms with Crippen LogP contribution >= 0.6 is 0 Å². The minimum atomic E-state index is 0.638. The van der Waals surface area contributed by atoms with Gasteiger partial charge in [0.15, 0.2) is 0 Å². The van der Waals surface area contributed by atoms with Crippen LogP contribution in [0.5, 0.6) is 5.88 Å². The first-order valence-electron chi connectivity index (χ1n) is 8.34. The number of aryl methyl sites for hydroxylation is 1. The van der Waals surface area contributed by atoms with Gasteiger partial charge in [0.2, 0.25) is 11.5 Å². The summed E-state index contributed by atoms with van der Waals surface area (Å²) in [5, 5.41) is 12.8. The Bertz CT molecular complexity index is 882. The fraction of sp³-hybridized carbons (Fsp3) is 0.412. The third-order valence-electron chi connectivity index (χ3n) is 4.79. The lowest BCUT2D eigenvalue weighted by molar-refractivity contribution is 0.398. The fourth-order valence-corrected chi connectivity index (χ4v) is 3.28. The van der Waals surface area contributed by atoms with E-state index in [1.165, 1.54) is 5.56 Å². The van der Waals surface area contributed by atoms with Crippen LogP contribution in [0.25, 0.3) is 5.65 Å². The van der Waals surface area contributed by atoms with E-state index in [4.69, 9.17) is 4.74 Å². The van der Waals surface area contributed by atoms with E-state index in [9.17, 15) is 0 Å². The summed E-state index contributed by atoms with van der Waals surface area (Å²) in [6.07, 6.45) is 3.53. The van der Waals surface area contributed by atoms with Crippen LogP contribution in [-0.4, -0.2) is 58.1 Å². The van der Waals surface area contributed by atoms with Crippen molar-refractivity contribution in [2.45, 2.75) is 13.8 Å². The van der Waals surface area contributed by atoms with Gasteiger partial charge in [0.25, 0.3) is 0 Å². The largest absolute Gasteiger partial charge is 0.481 e. The Kier molecular flexibility index (Phi) is 3.87. The number of pyridine rings is 1. The van der Waals surface area contributed by atoms with Gasteiger partial charge in [0.1, 0.15) is 6.33 Å². The Balaban J connectivity index is 1.56. The second-order valence-electron chi connectivity index (χ2n) is 6.19. The van der Waals surface area contributed by atoms with Gasteiger partial charge < -0.3 is 14.5 Å². The zero-order chi connectivity index (χ0) is 17.4. The number of nitrogens with zero attached hydrogens (tertiary/aromatic N) is 7. The molecule has 1 fully saturated rings. The highest BCUT2D eigenvalue weighted by Gasteiger charge is 2.23. The van der Waals surface area contributed by atoms with Crippen LogP contribution in [0, 0.1) is 13.8 Å². The topological polar surface area (TPSA) is 71.7 Å². The molecule has 130 valence electrons. The van der Waals surface area contributed by atoms with Gasteiger partial charge in [-0.05, 0) is 25.5 Å². The number of piperazine rings is 1. The molecule has 3 aromatic rings. The van der Waals surface area contributed by atoms with Gasteiger partial charge in [0.05, 0.1) is 30.4 Å². The smallest absolute Gasteiger partial charge is 0.213 e. The van der Waals surface area contributed by atoms with Crippen LogP contribution in [0.3, 0.4) is 0 Å². The summed E-state index contributed by atoms with van der Waals surface area (Å²) in [5.74, 6) is 0.638. The third kappa shape index (κ3) is 2.73. The van der Waals surface area contributed by atoms with E-state index in [0.29, 0.717) is 5.88 Å². The van der Waals surface area contributed by atoms with E-state index >= 15 is 0 Å². The van der Waals surface area contributed by atoms with E-state index < -0.39 is 0 Å². The minimum Gasteiger partial charge on any atom is -0.481 e. The molecule has 0 spiro atoms. The number of hydrogen-bond donors (Lipinski definition) is 0. The number of aromatic nitrogens is 5. The predicted octanol–water partition coefficient (Wildman–Crippen LogP) is 1.47. The van der Waals surface area contributed by atoms with Crippen LogP contribution in [-0.2, 0) is 0 Å². The highest BCUT2D eigenvalue weighted by molar-refractivity contribution is 5.73. The molecule has 1 saturated heterocycles. The molecule has 0 aromatic carbocycles. The minimum absolute atomic E-state index is 0.638. The second kappa shape index (κ2) is 6.19. The molecule has 4 heterocycles. The van der Waals surface area contributed by atoms with Crippen LogP contribution in [0.2, 0.25) is 0 Å². The van der Waals surface area contributed by atoms with Crippen molar-refractivity contribution in [3.63, 3.8) is 0 Å². The molecular weight excluding hydrogens is 318 g/mol. The molecule has 0 atom stereocenters. The van der Waals surface area contributed by atoms with Crippen LogP contribution in [0.15, 0.2) is 24.7 Å². The summed E-state index contributed by atoms with van der Waals surface area (Å²) in [5.41, 5.74) is 5.25. The summed E-state index contributed by atoms with van der Waals surface area (Å²) < 4.78 is 6.89. The van der Waals surface area contributed by atoms with Crippen molar-refractivity contribution in [1.29, 1.82) is 0 Å². The zero-order valence-corrected chi connectivity index (χ0v) is 14.7. The average molecular weight is 339 g/mol. The molecule has 8 heteroatoms. The second-order valence-corrected chi connectivity index (χ2v) is 6.19. The normalized spacial score (nSPS) is 15.0. The molecule has 0 amide bonds. The standard InChI is InChI=1S/C17H21N7O/c1-12-13(2)21-24-11-19-20-17(24)16(12)23-8-6-22(7-9-23)14-4-5-15(25-3)18-10-14/h4-5,10-11H,6-9H2,1-3H3. The molecule has 4 rings (SSSR count). The molecule has 0 bridgehead atoms. The van der Waals surface area contributed by atoms with Crippen LogP contribution in [0.4, 0.5) is 11.4 Å². The first-order chi connectivity index (χ1) is 12.2. The monoisotopic (exact) mass is 339 g/mol. The number of fused-ring (bicyclic) bond motifs is 1. The van der Waals surface area contributed by atoms with Gasteiger partial charge in [-0.3, -0.25) is 0 Å². The lowest BCUT2D eigenvalue weighted by atomic mass is 10.1. The Morgan fingerprint density at radius 3 is 2.48 bits per heavy atom. The molecule has 1 aliphatic rings. The summed E-state index contributed by atoms with van der Waals surface area (Å²) in [4.78, 5) is 9.02. The lowest BCUT2D eigenvalue weighted by Gasteiger charge is -2.37. The first-order valence-corrected chi connectivity index (χ1v) is 8.34. The molecule has 25 heavy (non-hydrogen) atoms. The van der Waals surface area contributed by atoms with E-state index in [2.05, 4.69) is 43.1 Å². The van der Waals surface area contributed by atoms with Crippen molar-refractivity contribution < 1.29 is 4.74 Å². The molecule has 0 aliphatic carbocycles. The maximum Gasteiger partial charge on any atom is 0.213 e. The maximum atomic E-state index is 5.13. The summed E-state index contributed by atoms with van der Waals surface area (Å²) in [7, 11) is 1.63. The van der Waals surface area contributed by atoms with Crippen molar-refractivity contribution in [2.24, 2.45) is 0 Å². The summed E-state index contributed by atoms with van der Waals surface area (Å²) >= 11 is 0. The Morgan fingerprint density at radius 1 is 1.04 bits per heavy atom. The molecule has 1 aliphatic heterocycles. The van der Waals surface area contributed by atoms with Crippen molar-refractivity contribution in [3.05, 3.63) is 35.9 Å². The fourth-order valence-electron chi connectivity index (χ4n) is 3.28. The van der Waals surface area contributed by atoms with Gasteiger partial charge in [-0.1, -0.05) is 0 Å². The van der Waals surface area contributed by atoms with Crippen molar-refractivity contribution in [2.75, 3.05) is 43.1 Å². The van der Waals surface area contributed by atoms with Crippen LogP contribution in [0.1, 0.15) is 11.3 Å². The highest BCUT2D eigenvalue weighted by Crippen LogP contribution is 2.28. The van der Waals surface area contributed by atoms with E-state index in [-0.39, 0.29) is 0 Å². The number of anilines is 2. The molecular formula is C17H21N7O. The molecule has 0 N–H and O–H groups in total. The zero-order valence-electron chi connectivity index (χ0n) is 14.7. The Labute approximate surface area is 146 Å². The molecule has 0 radical (unpaired) electrons. The van der Waals surface area contributed by atoms with Gasteiger partial charge in [-0.2, -0.15) is 9.61 Å². The van der Waals surface area contributed by atoms with E-state index in [1.807, 2.05) is 19.2 Å². The van der Waals surface area contributed by atoms with E-state index in [1.54, 1.807) is 18.0 Å². The van der Waals surface area contributed by atoms with Gasteiger partial charge in [-0.15, -0.1) is 10.2 Å². The molecule has 0 saturated carbocycles. The number of rotatable bonds is 3. The van der Waals surface area contributed by atoms with Crippen molar-refractivity contribution >= 4 is 17.0 Å². The third-order valence-corrected chi connectivity index (χ3v) is 4.79. The molecule has 0 unspecified atom stereocenters. The summed E-state index contributed by atoms with van der Waals surface area (Å²) in [6, 6.07) is 3.96. The van der Waals surface area contributed by atoms with Crippen molar-refractivity contribution in [3.8, 4) is 5.88 Å². The first kappa shape index (κ1) is 15.6. The highest BCUT2D eigenvalue weighted by atomic mass is 16.5. The van der Waals surface area contributed by atoms with Gasteiger partial charge in [0, 0.05) is 32.2 Å². The van der Waals surface area contributed by atoms with Crippen molar-refractivity contribution in [1.82, 2.24) is 24.8 Å². The average Bonchev–Trinajstić information content (AvgIpc) is 3.11. The lowest BCUT2D eigenvalue weighted by Crippen LogP contribution is -2.47.